The molecule has 0 saturated heterocycles. The lowest BCUT2D eigenvalue weighted by atomic mass is 10.4. The van der Waals surface area contributed by atoms with E-state index in [1.165, 1.54) is 4.88 Å². The first kappa shape index (κ1) is 4.21. The van der Waals surface area contributed by atoms with Gasteiger partial charge in [0.25, 0.3) is 0 Å². The minimum atomic E-state index is 0.847. The molecule has 0 amide bonds. The summed E-state index contributed by atoms with van der Waals surface area (Å²) in [7, 11) is 0. The van der Waals surface area contributed by atoms with Gasteiger partial charge in [-0.3, -0.25) is 4.99 Å². The Labute approximate surface area is 50.9 Å². The van der Waals surface area contributed by atoms with Gasteiger partial charge in [0.2, 0.25) is 0 Å². The summed E-state index contributed by atoms with van der Waals surface area (Å²) in [6.07, 6.45) is 1.83. The molecule has 1 aliphatic rings. The van der Waals surface area contributed by atoms with E-state index in [1.54, 1.807) is 11.3 Å². The first-order valence-corrected chi connectivity index (χ1v) is 3.27. The molecular weight excluding hydrogens is 120 g/mol. The van der Waals surface area contributed by atoms with Crippen molar-refractivity contribution in [2.24, 2.45) is 4.99 Å². The van der Waals surface area contributed by atoms with Crippen molar-refractivity contribution in [1.29, 1.82) is 0 Å². The molecule has 8 heavy (non-hydrogen) atoms. The highest BCUT2D eigenvalue weighted by Gasteiger charge is 2.06. The molecule has 0 unspecified atom stereocenters. The van der Waals surface area contributed by atoms with Crippen LogP contribution < -0.4 is 0 Å². The molecule has 0 spiro atoms. The van der Waals surface area contributed by atoms with Crippen LogP contribution in [0.5, 0.6) is 0 Å². The second kappa shape index (κ2) is 1.39. The summed E-state index contributed by atoms with van der Waals surface area (Å²) >= 11 is 1.68. The molecule has 2 nitrogen and oxygen atoms in total. The quantitative estimate of drug-likeness (QED) is 0.508. The Morgan fingerprint density at radius 3 is 3.50 bits per heavy atom. The molecule has 1 aromatic heterocycles. The van der Waals surface area contributed by atoms with E-state index in [1.807, 2.05) is 11.7 Å². The first-order chi connectivity index (χ1) is 3.97. The van der Waals surface area contributed by atoms with Gasteiger partial charge in [-0.1, -0.05) is 0 Å². The number of fused-ring (bicyclic) bond motifs is 1. The Balaban J connectivity index is 2.67. The topological polar surface area (TPSA) is 25.2 Å². The lowest BCUT2D eigenvalue weighted by Gasteiger charge is -1.75. The van der Waals surface area contributed by atoms with Crippen LogP contribution in [0.15, 0.2) is 10.5 Å². The molecule has 0 aliphatic carbocycles. The summed E-state index contributed by atoms with van der Waals surface area (Å²) in [5.41, 5.74) is 2.92. The second-order valence-corrected chi connectivity index (χ2v) is 2.57. The lowest BCUT2D eigenvalue weighted by molar-refractivity contribution is 1.14. The van der Waals surface area contributed by atoms with Crippen molar-refractivity contribution in [1.82, 2.24) is 4.98 Å². The number of aromatic nitrogens is 1. The van der Waals surface area contributed by atoms with Gasteiger partial charge in [0, 0.05) is 6.21 Å². The van der Waals surface area contributed by atoms with Crippen molar-refractivity contribution < 1.29 is 0 Å². The largest absolute Gasteiger partial charge is 0.285 e. The molecule has 2 rings (SSSR count). The number of rotatable bonds is 0. The van der Waals surface area contributed by atoms with Crippen molar-refractivity contribution in [2.75, 3.05) is 0 Å². The first-order valence-electron chi connectivity index (χ1n) is 2.39. The minimum Gasteiger partial charge on any atom is -0.285 e. The number of nitrogens with zero attached hydrogens (tertiary/aromatic N) is 2. The Morgan fingerprint density at radius 1 is 1.62 bits per heavy atom. The van der Waals surface area contributed by atoms with Gasteiger partial charge in [0.1, 0.15) is 0 Å². The van der Waals surface area contributed by atoms with Gasteiger partial charge in [-0.15, -0.1) is 11.3 Å². The molecule has 0 bridgehead atoms. The molecule has 0 N–H and O–H groups in total. The fourth-order valence-electron chi connectivity index (χ4n) is 0.718. The number of hydrogen-bond acceptors (Lipinski definition) is 3. The highest BCUT2D eigenvalue weighted by molar-refractivity contribution is 7.10. The monoisotopic (exact) mass is 124 g/mol. The van der Waals surface area contributed by atoms with Crippen LogP contribution in [-0.4, -0.2) is 11.2 Å². The molecule has 0 saturated carbocycles. The average Bonchev–Trinajstić information content (AvgIpc) is 2.15. The third-order valence-electron chi connectivity index (χ3n) is 1.12. The Bertz CT molecular complexity index is 226. The van der Waals surface area contributed by atoms with Gasteiger partial charge in [-0.2, -0.15) is 0 Å². The molecule has 0 radical (unpaired) electrons. The molecule has 0 aromatic carbocycles. The van der Waals surface area contributed by atoms with E-state index in [4.69, 9.17) is 0 Å². The second-order valence-electron chi connectivity index (χ2n) is 1.63. The van der Waals surface area contributed by atoms with E-state index in [0.29, 0.717) is 0 Å². The SMILES string of the molecule is C1=NCc2scnc21. The van der Waals surface area contributed by atoms with Crippen LogP contribution in [0.3, 0.4) is 0 Å². The Kier molecular flexibility index (Phi) is 0.729. The molecule has 40 valence electrons. The van der Waals surface area contributed by atoms with E-state index in [9.17, 15) is 0 Å². The minimum absolute atomic E-state index is 0.847. The fraction of sp³-hybridized carbons (Fsp3) is 0.200. The van der Waals surface area contributed by atoms with Crippen LogP contribution in [0, 0.1) is 0 Å². The highest BCUT2D eigenvalue weighted by atomic mass is 32.1. The van der Waals surface area contributed by atoms with Crippen LogP contribution in [0.2, 0.25) is 0 Å². The molecule has 1 aromatic rings. The van der Waals surface area contributed by atoms with E-state index < -0.39 is 0 Å². The highest BCUT2D eigenvalue weighted by Crippen LogP contribution is 2.16. The van der Waals surface area contributed by atoms with Crippen molar-refractivity contribution >= 4 is 17.6 Å². The predicted octanol–water partition coefficient (Wildman–Crippen LogP) is 1.08. The van der Waals surface area contributed by atoms with Gasteiger partial charge < -0.3 is 0 Å². The van der Waals surface area contributed by atoms with Crippen LogP contribution in [0.25, 0.3) is 0 Å². The zero-order valence-electron chi connectivity index (χ0n) is 4.16. The normalized spacial score (nSPS) is 14.5. The third kappa shape index (κ3) is 0.419. The van der Waals surface area contributed by atoms with Gasteiger partial charge in [-0.05, 0) is 0 Å². The summed E-state index contributed by atoms with van der Waals surface area (Å²) in [5, 5.41) is 0. The van der Waals surface area contributed by atoms with Crippen molar-refractivity contribution in [3.8, 4) is 0 Å². The van der Waals surface area contributed by atoms with Crippen molar-refractivity contribution in [3.63, 3.8) is 0 Å². The maximum absolute atomic E-state index is 4.07. The van der Waals surface area contributed by atoms with Crippen LogP contribution in [-0.2, 0) is 6.54 Å². The number of thiazole rings is 1. The maximum Gasteiger partial charge on any atom is 0.0968 e. The van der Waals surface area contributed by atoms with E-state index >= 15 is 0 Å². The smallest absolute Gasteiger partial charge is 0.0968 e. The van der Waals surface area contributed by atoms with E-state index in [2.05, 4.69) is 9.98 Å². The zero-order chi connectivity index (χ0) is 5.40. The average molecular weight is 124 g/mol. The zero-order valence-corrected chi connectivity index (χ0v) is 4.98. The molecule has 0 fully saturated rings. The summed E-state index contributed by atoms with van der Waals surface area (Å²) < 4.78 is 0. The summed E-state index contributed by atoms with van der Waals surface area (Å²) in [5.74, 6) is 0. The van der Waals surface area contributed by atoms with Crippen molar-refractivity contribution in [2.45, 2.75) is 6.54 Å². The predicted molar refractivity (Wildman–Crippen MR) is 33.4 cm³/mol. The van der Waals surface area contributed by atoms with Crippen molar-refractivity contribution in [3.05, 3.63) is 16.1 Å². The maximum atomic E-state index is 4.07. The fourth-order valence-corrected chi connectivity index (χ4v) is 1.39. The van der Waals surface area contributed by atoms with Gasteiger partial charge >= 0.3 is 0 Å². The van der Waals surface area contributed by atoms with Crippen LogP contribution in [0.4, 0.5) is 0 Å². The Hall–Kier alpha value is -0.700. The van der Waals surface area contributed by atoms with Crippen LogP contribution in [0.1, 0.15) is 10.6 Å². The van der Waals surface area contributed by atoms with Gasteiger partial charge in [0.15, 0.2) is 0 Å². The summed E-state index contributed by atoms with van der Waals surface area (Å²) in [4.78, 5) is 9.40. The standard InChI is InChI=1S/C5H4N2S/c1-4-5(2-6-1)8-3-7-4/h1,3H,2H2. The molecule has 0 atom stereocenters. The van der Waals surface area contributed by atoms with Gasteiger partial charge in [-0.25, -0.2) is 4.98 Å². The van der Waals surface area contributed by atoms with Crippen LogP contribution >= 0.6 is 11.3 Å². The summed E-state index contributed by atoms with van der Waals surface area (Å²) in [6.45, 7) is 0.847. The van der Waals surface area contributed by atoms with Gasteiger partial charge in [0.05, 0.1) is 22.6 Å². The number of hydrogen-bond donors (Lipinski definition) is 0. The number of aliphatic imine (C=N–C) groups is 1. The molecule has 1 aliphatic heterocycles. The van der Waals surface area contributed by atoms with E-state index in [0.717, 1.165) is 12.2 Å². The molecule has 2 heterocycles. The third-order valence-corrected chi connectivity index (χ3v) is 1.95. The van der Waals surface area contributed by atoms with E-state index in [-0.39, 0.29) is 0 Å². The lowest BCUT2D eigenvalue weighted by Crippen LogP contribution is -1.74. The summed E-state index contributed by atoms with van der Waals surface area (Å²) in [6, 6.07) is 0. The molecular formula is C5H4N2S. The molecule has 3 heteroatoms. The Morgan fingerprint density at radius 2 is 2.62 bits per heavy atom.